The SMILES string of the molecule is CN(C)CC[O-].CN(C)CC[O-].O=Cc1ccccc1[O-].O=Cc1ccccc1[O-].[Cu+2].[Cu+2]. The predicted molar refractivity (Wildman–Crippen MR) is 109 cm³/mol. The van der Waals surface area contributed by atoms with E-state index >= 15 is 0 Å². The van der Waals surface area contributed by atoms with Crippen molar-refractivity contribution in [1.29, 1.82) is 0 Å². The van der Waals surface area contributed by atoms with Gasteiger partial charge in [-0.3, -0.25) is 9.59 Å². The number of benzene rings is 2. The molecule has 0 aliphatic carbocycles. The van der Waals surface area contributed by atoms with Gasteiger partial charge < -0.3 is 30.2 Å². The molecule has 2 aromatic rings. The number of nitrogens with zero attached hydrogens (tertiary/aromatic N) is 2. The van der Waals surface area contributed by atoms with E-state index in [1.807, 2.05) is 38.0 Å². The van der Waals surface area contributed by atoms with Crippen LogP contribution in [0, 0.1) is 0 Å². The molecule has 0 saturated heterocycles. The maximum atomic E-state index is 10.6. The molecule has 0 unspecified atom stereocenters. The summed E-state index contributed by atoms with van der Waals surface area (Å²) in [5.74, 6) is -0.431. The molecule has 0 spiro atoms. The summed E-state index contributed by atoms with van der Waals surface area (Å²) >= 11 is 0. The van der Waals surface area contributed by atoms with Gasteiger partial charge in [-0.15, -0.1) is 13.2 Å². The number of hydrogen-bond donors (Lipinski definition) is 0. The van der Waals surface area contributed by atoms with Crippen molar-refractivity contribution in [1.82, 2.24) is 9.80 Å². The van der Waals surface area contributed by atoms with Crippen LogP contribution in [-0.4, -0.2) is 76.9 Å². The van der Waals surface area contributed by atoms with Crippen LogP contribution in [0.5, 0.6) is 11.5 Å². The predicted octanol–water partition coefficient (Wildman–Crippen LogP) is -1.04. The van der Waals surface area contributed by atoms with Gasteiger partial charge in [-0.2, -0.15) is 0 Å². The minimum Gasteiger partial charge on any atom is -0.872 e. The molecule has 0 heterocycles. The van der Waals surface area contributed by atoms with E-state index in [9.17, 15) is 30.0 Å². The number of para-hydroxylation sites is 2. The molecule has 0 N–H and O–H groups in total. The maximum absolute atomic E-state index is 10.6. The van der Waals surface area contributed by atoms with Gasteiger partial charge in [0.1, 0.15) is 12.6 Å². The summed E-state index contributed by atoms with van der Waals surface area (Å²) in [6.45, 7) is 1.32. The Bertz CT molecular complexity index is 644. The standard InChI is InChI=1S/2C7H6O2.2C4H10NO.2Cu/c2*8-5-6-3-1-2-4-7(6)9;2*1-5(2)3-4-6;;/h2*1-5,9H;2*3-4H2,1-2H3;;/q;;2*-1;2*+2/p-2. The Hall–Kier alpha value is -1.74. The molecule has 0 amide bonds. The smallest absolute Gasteiger partial charge is 0.872 e. The molecule has 2 rings (SSSR count). The molecule has 0 saturated carbocycles. The van der Waals surface area contributed by atoms with Crippen molar-refractivity contribution in [2.45, 2.75) is 0 Å². The minimum absolute atomic E-state index is 0. The van der Waals surface area contributed by atoms with Crippen molar-refractivity contribution in [2.24, 2.45) is 0 Å². The summed E-state index contributed by atoms with van der Waals surface area (Å²) in [5, 5.41) is 40.6. The van der Waals surface area contributed by atoms with Crippen molar-refractivity contribution in [2.75, 3.05) is 54.5 Å². The van der Waals surface area contributed by atoms with E-state index < -0.39 is 0 Å². The number of rotatable bonds is 6. The van der Waals surface area contributed by atoms with Gasteiger partial charge in [0.25, 0.3) is 0 Å². The van der Waals surface area contributed by atoms with Gasteiger partial charge in [-0.25, -0.2) is 0 Å². The summed E-state index contributed by atoms with van der Waals surface area (Å²) in [5.41, 5.74) is 0.440. The van der Waals surface area contributed by atoms with Gasteiger partial charge >= 0.3 is 34.1 Å². The number of carbonyl (C=O) groups excluding carboxylic acids is 2. The molecule has 8 nitrogen and oxygen atoms in total. The van der Waals surface area contributed by atoms with Crippen molar-refractivity contribution < 1.29 is 64.2 Å². The average Bonchev–Trinajstić information content (AvgIpc) is 2.70. The molecule has 0 aliphatic heterocycles. The minimum atomic E-state index is -0.215. The van der Waals surface area contributed by atoms with Crippen LogP contribution in [0.15, 0.2) is 48.5 Å². The summed E-state index contributed by atoms with van der Waals surface area (Å²) in [6, 6.07) is 12.2. The van der Waals surface area contributed by atoms with Gasteiger partial charge in [-0.1, -0.05) is 60.0 Å². The molecule has 2 radical (unpaired) electrons. The van der Waals surface area contributed by atoms with Crippen molar-refractivity contribution in [3.8, 4) is 11.5 Å². The fraction of sp³-hybridized carbons (Fsp3) is 0.364. The van der Waals surface area contributed by atoms with Crippen LogP contribution in [0.25, 0.3) is 0 Å². The number of likely N-dealkylation sites (N-methyl/N-ethyl adjacent to an activating group) is 2. The van der Waals surface area contributed by atoms with Crippen LogP contribution in [0.1, 0.15) is 20.7 Å². The third-order valence-electron chi connectivity index (χ3n) is 3.17. The second kappa shape index (κ2) is 25.5. The van der Waals surface area contributed by atoms with E-state index in [0.29, 0.717) is 25.7 Å². The Morgan fingerprint density at radius 2 is 0.938 bits per heavy atom. The van der Waals surface area contributed by atoms with Crippen molar-refractivity contribution >= 4 is 12.6 Å². The molecule has 0 atom stereocenters. The first-order chi connectivity index (χ1) is 14.2. The monoisotopic (exact) mass is 544 g/mol. The molecular weight excluding hydrogens is 515 g/mol. The maximum Gasteiger partial charge on any atom is 2.00 e. The summed E-state index contributed by atoms with van der Waals surface area (Å²) < 4.78 is 0. The zero-order valence-corrected chi connectivity index (χ0v) is 20.4. The molecule has 10 heteroatoms. The van der Waals surface area contributed by atoms with E-state index in [2.05, 4.69) is 0 Å². The van der Waals surface area contributed by atoms with Gasteiger partial charge in [0, 0.05) is 11.1 Å². The Morgan fingerprint density at radius 1 is 0.656 bits per heavy atom. The van der Waals surface area contributed by atoms with Gasteiger partial charge in [0.15, 0.2) is 0 Å². The van der Waals surface area contributed by atoms with Gasteiger partial charge in [-0.05, 0) is 41.3 Å². The van der Waals surface area contributed by atoms with Crippen LogP contribution >= 0.6 is 0 Å². The molecule has 0 aromatic heterocycles. The van der Waals surface area contributed by atoms with Crippen LogP contribution < -0.4 is 20.4 Å². The van der Waals surface area contributed by atoms with E-state index in [1.165, 1.54) is 24.3 Å². The third-order valence-corrected chi connectivity index (χ3v) is 3.17. The van der Waals surface area contributed by atoms with Crippen molar-refractivity contribution in [3.05, 3.63) is 59.7 Å². The quantitative estimate of drug-likeness (QED) is 0.332. The molecule has 0 bridgehead atoms. The fourth-order valence-electron chi connectivity index (χ4n) is 1.52. The summed E-state index contributed by atoms with van der Waals surface area (Å²) in [6.07, 6.45) is 1.12. The summed E-state index contributed by atoms with van der Waals surface area (Å²) in [4.78, 5) is 23.8. The molecule has 2 aromatic carbocycles. The topological polar surface area (TPSA) is 133 Å². The van der Waals surface area contributed by atoms with Gasteiger partial charge in [0.2, 0.25) is 0 Å². The van der Waals surface area contributed by atoms with E-state index in [-0.39, 0.29) is 70.0 Å². The van der Waals surface area contributed by atoms with Crippen molar-refractivity contribution in [3.63, 3.8) is 0 Å². The Kier molecular flexibility index (Phi) is 30.0. The first kappa shape index (κ1) is 37.6. The van der Waals surface area contributed by atoms with Crippen LogP contribution in [0.4, 0.5) is 0 Å². The normalized spacial score (nSPS) is 8.75. The number of aldehydes is 2. The zero-order chi connectivity index (χ0) is 23.4. The second-order valence-corrected chi connectivity index (χ2v) is 6.33. The Balaban J connectivity index is -0.000000163. The van der Waals surface area contributed by atoms with Gasteiger partial charge in [0.05, 0.1) is 0 Å². The summed E-state index contributed by atoms with van der Waals surface area (Å²) in [7, 11) is 7.55. The van der Waals surface area contributed by atoms with Crippen LogP contribution in [0.3, 0.4) is 0 Å². The third kappa shape index (κ3) is 22.9. The largest absolute Gasteiger partial charge is 2.00 e. The Morgan fingerprint density at radius 3 is 1.06 bits per heavy atom. The molecular formula is C22H30Cu2N2O6. The zero-order valence-electron chi connectivity index (χ0n) is 18.5. The van der Waals surface area contributed by atoms with Crippen LogP contribution in [-0.2, 0) is 34.1 Å². The fourth-order valence-corrected chi connectivity index (χ4v) is 1.52. The molecule has 186 valence electrons. The molecule has 32 heavy (non-hydrogen) atoms. The number of hydrogen-bond acceptors (Lipinski definition) is 8. The molecule has 0 fully saturated rings. The molecule has 0 aliphatic rings. The average molecular weight is 546 g/mol. The first-order valence-corrected chi connectivity index (χ1v) is 9.11. The number of carbonyl (C=O) groups is 2. The van der Waals surface area contributed by atoms with Crippen LogP contribution in [0.2, 0.25) is 0 Å². The van der Waals surface area contributed by atoms with E-state index in [4.69, 9.17) is 0 Å². The first-order valence-electron chi connectivity index (χ1n) is 9.11. The van der Waals surface area contributed by atoms with E-state index in [0.717, 1.165) is 0 Å². The van der Waals surface area contributed by atoms with E-state index in [1.54, 1.807) is 24.3 Å². The second-order valence-electron chi connectivity index (χ2n) is 6.33. The Labute approximate surface area is 211 Å².